The summed E-state index contributed by atoms with van der Waals surface area (Å²) in [5, 5.41) is 0.186. The van der Waals surface area contributed by atoms with Gasteiger partial charge in [0.1, 0.15) is 5.82 Å². The Morgan fingerprint density at radius 2 is 1.58 bits per heavy atom. The highest BCUT2D eigenvalue weighted by Crippen LogP contribution is 2.37. The lowest BCUT2D eigenvalue weighted by Gasteiger charge is -2.28. The van der Waals surface area contributed by atoms with Crippen molar-refractivity contribution in [2.24, 2.45) is 5.92 Å². The second-order valence-corrected chi connectivity index (χ2v) is 8.42. The molecular formula is C27H24F4. The lowest BCUT2D eigenvalue weighted by atomic mass is 9.77. The summed E-state index contributed by atoms with van der Waals surface area (Å²) in [7, 11) is 0. The van der Waals surface area contributed by atoms with E-state index in [9.17, 15) is 17.6 Å². The Bertz CT molecular complexity index is 1160. The molecule has 0 saturated heterocycles. The maximum Gasteiger partial charge on any atom is 0.195 e. The minimum absolute atomic E-state index is 0.0198. The second kappa shape index (κ2) is 9.14. The van der Waals surface area contributed by atoms with Crippen LogP contribution in [0.4, 0.5) is 17.6 Å². The summed E-state index contributed by atoms with van der Waals surface area (Å²) >= 11 is 0. The highest BCUT2D eigenvalue weighted by Gasteiger charge is 2.22. The third kappa shape index (κ3) is 4.61. The van der Waals surface area contributed by atoms with Crippen molar-refractivity contribution in [1.82, 2.24) is 0 Å². The van der Waals surface area contributed by atoms with Gasteiger partial charge in [-0.2, -0.15) is 0 Å². The first kappa shape index (κ1) is 21.4. The summed E-state index contributed by atoms with van der Waals surface area (Å²) in [5.74, 6) is 2.51. The van der Waals surface area contributed by atoms with E-state index in [1.807, 2.05) is 6.07 Å². The van der Waals surface area contributed by atoms with E-state index in [1.54, 1.807) is 12.1 Å². The zero-order valence-electron chi connectivity index (χ0n) is 17.5. The van der Waals surface area contributed by atoms with E-state index >= 15 is 0 Å². The molecule has 4 rings (SSSR count). The van der Waals surface area contributed by atoms with E-state index in [1.165, 1.54) is 43.9 Å². The minimum atomic E-state index is -1.49. The van der Waals surface area contributed by atoms with E-state index in [4.69, 9.17) is 0 Å². The van der Waals surface area contributed by atoms with E-state index in [0.717, 1.165) is 30.4 Å². The molecule has 0 amide bonds. The van der Waals surface area contributed by atoms with E-state index in [-0.39, 0.29) is 22.2 Å². The molecule has 0 atom stereocenters. The van der Waals surface area contributed by atoms with Gasteiger partial charge in [-0.05, 0) is 78.8 Å². The van der Waals surface area contributed by atoms with Crippen molar-refractivity contribution in [2.45, 2.75) is 51.4 Å². The van der Waals surface area contributed by atoms with Crippen molar-refractivity contribution in [3.8, 4) is 11.8 Å². The van der Waals surface area contributed by atoms with Crippen LogP contribution < -0.4 is 0 Å². The van der Waals surface area contributed by atoms with Gasteiger partial charge in [0, 0.05) is 10.9 Å². The van der Waals surface area contributed by atoms with Crippen molar-refractivity contribution in [2.75, 3.05) is 0 Å². The fourth-order valence-electron chi connectivity index (χ4n) is 4.60. The second-order valence-electron chi connectivity index (χ2n) is 8.42. The Morgan fingerprint density at radius 3 is 2.29 bits per heavy atom. The molecular weight excluding hydrogens is 400 g/mol. The number of halogens is 4. The van der Waals surface area contributed by atoms with Crippen LogP contribution >= 0.6 is 0 Å². The number of hydrogen-bond donors (Lipinski definition) is 0. The molecule has 1 aliphatic carbocycles. The first-order chi connectivity index (χ1) is 15.0. The summed E-state index contributed by atoms with van der Waals surface area (Å²) in [6, 6.07) is 10.5. The minimum Gasteiger partial charge on any atom is -0.206 e. The molecule has 31 heavy (non-hydrogen) atoms. The first-order valence-electron chi connectivity index (χ1n) is 10.8. The molecule has 1 saturated carbocycles. The maximum absolute atomic E-state index is 14.7. The van der Waals surface area contributed by atoms with Gasteiger partial charge in [-0.15, -0.1) is 0 Å². The van der Waals surface area contributed by atoms with Crippen LogP contribution in [-0.4, -0.2) is 0 Å². The molecule has 4 heteroatoms. The molecule has 3 aromatic carbocycles. The number of hydrogen-bond acceptors (Lipinski definition) is 0. The van der Waals surface area contributed by atoms with Gasteiger partial charge in [-0.3, -0.25) is 0 Å². The zero-order chi connectivity index (χ0) is 22.0. The summed E-state index contributed by atoms with van der Waals surface area (Å²) in [6.07, 6.45) is 7.09. The van der Waals surface area contributed by atoms with Gasteiger partial charge < -0.3 is 0 Å². The van der Waals surface area contributed by atoms with Gasteiger partial charge in [-0.1, -0.05) is 43.7 Å². The Balaban J connectivity index is 1.53. The van der Waals surface area contributed by atoms with Gasteiger partial charge in [0.05, 0.1) is 5.56 Å². The van der Waals surface area contributed by atoms with E-state index < -0.39 is 17.5 Å². The molecule has 0 heterocycles. The van der Waals surface area contributed by atoms with Crippen LogP contribution in [0.15, 0.2) is 42.5 Å². The topological polar surface area (TPSA) is 0 Å². The van der Waals surface area contributed by atoms with Crippen molar-refractivity contribution in [3.05, 3.63) is 82.4 Å². The molecule has 1 fully saturated rings. The van der Waals surface area contributed by atoms with Crippen molar-refractivity contribution >= 4 is 10.8 Å². The number of benzene rings is 3. The van der Waals surface area contributed by atoms with Gasteiger partial charge in [0.15, 0.2) is 17.5 Å². The standard InChI is InChI=1S/C27H24F4/c1-2-3-17-4-8-19(9-5-17)21-12-11-20(24(28)15-21)10-6-18-7-13-23-22(14-18)16-25(29)27(31)26(23)30/h7,11-17,19H,2-5,8-9H2,1H3. The monoisotopic (exact) mass is 424 g/mol. The first-order valence-corrected chi connectivity index (χ1v) is 10.8. The highest BCUT2D eigenvalue weighted by atomic mass is 19.2. The van der Waals surface area contributed by atoms with Crippen LogP contribution in [0.5, 0.6) is 0 Å². The van der Waals surface area contributed by atoms with Crippen LogP contribution in [-0.2, 0) is 0 Å². The Kier molecular flexibility index (Phi) is 6.32. The smallest absolute Gasteiger partial charge is 0.195 e. The molecule has 160 valence electrons. The third-order valence-electron chi connectivity index (χ3n) is 6.32. The fraction of sp³-hybridized carbons (Fsp3) is 0.333. The Hall–Kier alpha value is -2.80. The molecule has 0 radical (unpaired) electrons. The third-order valence-corrected chi connectivity index (χ3v) is 6.32. The average Bonchev–Trinajstić information content (AvgIpc) is 2.77. The SMILES string of the molecule is CCCC1CCC(c2ccc(C#Cc3ccc4c(F)c(F)c(F)cc4c3)c(F)c2)CC1. The predicted octanol–water partition coefficient (Wildman–Crippen LogP) is 7.87. The fourth-order valence-corrected chi connectivity index (χ4v) is 4.60. The van der Waals surface area contributed by atoms with Crippen LogP contribution in [0.2, 0.25) is 0 Å². The largest absolute Gasteiger partial charge is 0.206 e. The summed E-state index contributed by atoms with van der Waals surface area (Å²) < 4.78 is 55.4. The van der Waals surface area contributed by atoms with Crippen molar-refractivity contribution in [3.63, 3.8) is 0 Å². The molecule has 0 nitrogen and oxygen atoms in total. The van der Waals surface area contributed by atoms with Crippen LogP contribution in [0, 0.1) is 41.0 Å². The van der Waals surface area contributed by atoms with Gasteiger partial charge >= 0.3 is 0 Å². The molecule has 0 spiro atoms. The molecule has 0 aliphatic heterocycles. The molecule has 1 aliphatic rings. The number of fused-ring (bicyclic) bond motifs is 1. The molecule has 3 aromatic rings. The molecule has 0 aromatic heterocycles. The normalized spacial score (nSPS) is 18.6. The summed E-state index contributed by atoms with van der Waals surface area (Å²) in [4.78, 5) is 0. The number of rotatable bonds is 3. The molecule has 0 N–H and O–H groups in total. The van der Waals surface area contributed by atoms with Gasteiger partial charge in [-0.25, -0.2) is 17.6 Å². The average molecular weight is 424 g/mol. The molecule has 0 unspecified atom stereocenters. The van der Waals surface area contributed by atoms with Crippen LogP contribution in [0.25, 0.3) is 10.8 Å². The maximum atomic E-state index is 14.7. The zero-order valence-corrected chi connectivity index (χ0v) is 17.5. The Morgan fingerprint density at radius 1 is 0.806 bits per heavy atom. The molecule has 0 bridgehead atoms. The summed E-state index contributed by atoms with van der Waals surface area (Å²) in [5.41, 5.74) is 1.77. The van der Waals surface area contributed by atoms with Gasteiger partial charge in [0.2, 0.25) is 0 Å². The van der Waals surface area contributed by atoms with E-state index in [0.29, 0.717) is 11.5 Å². The summed E-state index contributed by atoms with van der Waals surface area (Å²) in [6.45, 7) is 2.22. The lowest BCUT2D eigenvalue weighted by molar-refractivity contribution is 0.308. The van der Waals surface area contributed by atoms with Crippen LogP contribution in [0.3, 0.4) is 0 Å². The van der Waals surface area contributed by atoms with Crippen molar-refractivity contribution in [1.29, 1.82) is 0 Å². The quantitative estimate of drug-likeness (QED) is 0.228. The van der Waals surface area contributed by atoms with Crippen LogP contribution in [0.1, 0.15) is 68.1 Å². The van der Waals surface area contributed by atoms with Gasteiger partial charge in [0.25, 0.3) is 0 Å². The predicted molar refractivity (Wildman–Crippen MR) is 116 cm³/mol. The van der Waals surface area contributed by atoms with E-state index in [2.05, 4.69) is 18.8 Å². The van der Waals surface area contributed by atoms with Crippen molar-refractivity contribution < 1.29 is 17.6 Å². The lowest BCUT2D eigenvalue weighted by Crippen LogP contribution is -2.13. The Labute approximate surface area is 180 Å². The highest BCUT2D eigenvalue weighted by molar-refractivity contribution is 5.84.